The zero-order valence-electron chi connectivity index (χ0n) is 31.0. The first-order chi connectivity index (χ1) is 23.6. The Hall–Kier alpha value is -2.66. The van der Waals surface area contributed by atoms with Crippen LogP contribution in [-0.2, 0) is 19.1 Å². The molecular formula is C43H72O5. The fourth-order valence-corrected chi connectivity index (χ4v) is 5.05. The molecule has 0 aliphatic rings. The van der Waals surface area contributed by atoms with Crippen molar-refractivity contribution in [3.8, 4) is 0 Å². The Balaban J connectivity index is 3.49. The van der Waals surface area contributed by atoms with E-state index in [0.717, 1.165) is 89.9 Å². The number of esters is 2. The molecule has 0 radical (unpaired) electrons. The number of hydrogen-bond donors (Lipinski definition) is 1. The molecule has 0 bridgehead atoms. The van der Waals surface area contributed by atoms with E-state index in [4.69, 9.17) is 9.47 Å². The van der Waals surface area contributed by atoms with Crippen LogP contribution in [0.5, 0.6) is 0 Å². The molecule has 0 rings (SSSR count). The number of carbonyl (C=O) groups excluding carboxylic acids is 2. The van der Waals surface area contributed by atoms with E-state index in [1.807, 2.05) is 0 Å². The molecule has 0 amide bonds. The van der Waals surface area contributed by atoms with Gasteiger partial charge in [0.05, 0.1) is 0 Å². The summed E-state index contributed by atoms with van der Waals surface area (Å²) in [5.41, 5.74) is 0. The molecule has 0 atom stereocenters. The lowest BCUT2D eigenvalue weighted by Crippen LogP contribution is -2.25. The van der Waals surface area contributed by atoms with Crippen LogP contribution >= 0.6 is 0 Å². The number of aliphatic hydroxyl groups is 1. The molecule has 0 saturated heterocycles. The van der Waals surface area contributed by atoms with E-state index in [9.17, 15) is 14.7 Å². The van der Waals surface area contributed by atoms with E-state index in [-0.39, 0.29) is 25.2 Å². The van der Waals surface area contributed by atoms with Crippen LogP contribution < -0.4 is 0 Å². The van der Waals surface area contributed by atoms with E-state index in [0.29, 0.717) is 12.8 Å². The van der Waals surface area contributed by atoms with Crippen LogP contribution in [0.3, 0.4) is 0 Å². The highest BCUT2D eigenvalue weighted by Crippen LogP contribution is 2.12. The summed E-state index contributed by atoms with van der Waals surface area (Å²) < 4.78 is 10.3. The van der Waals surface area contributed by atoms with Crippen molar-refractivity contribution in [1.29, 1.82) is 0 Å². The first kappa shape index (κ1) is 45.3. The molecule has 0 saturated carbocycles. The van der Waals surface area contributed by atoms with Crippen molar-refractivity contribution >= 4 is 11.9 Å². The number of ether oxygens (including phenoxy) is 2. The van der Waals surface area contributed by atoms with Gasteiger partial charge in [0.15, 0.2) is 0 Å². The van der Waals surface area contributed by atoms with E-state index in [1.165, 1.54) is 51.4 Å². The standard InChI is InChI=1S/C43H72O5/c1-3-5-7-9-11-13-15-17-19-21-23-25-27-29-31-33-35-37-42(45)47-39-41(44)40-48-43(46)38-36-34-32-30-28-26-24-22-20-18-16-14-12-10-8-6-4-2/h5-8,11-14,17-20,41,44H,3-4,9-10,15-16,21-40H2,1-2H3. The van der Waals surface area contributed by atoms with Crippen molar-refractivity contribution in [2.24, 2.45) is 0 Å². The van der Waals surface area contributed by atoms with Gasteiger partial charge in [-0.3, -0.25) is 9.59 Å². The average molecular weight is 669 g/mol. The predicted octanol–water partition coefficient (Wildman–Crippen LogP) is 12.2. The largest absolute Gasteiger partial charge is 0.463 e. The number of rotatable bonds is 34. The second kappa shape index (κ2) is 38.8. The summed E-state index contributed by atoms with van der Waals surface area (Å²) in [4.78, 5) is 23.9. The molecule has 0 aromatic carbocycles. The van der Waals surface area contributed by atoms with Crippen LogP contribution in [-0.4, -0.2) is 36.4 Å². The number of allylic oxidation sites excluding steroid dienone is 12. The molecule has 0 aliphatic heterocycles. The first-order valence-corrected chi connectivity index (χ1v) is 19.5. The van der Waals surface area contributed by atoms with Gasteiger partial charge in [-0.1, -0.05) is 151 Å². The molecule has 0 heterocycles. The summed E-state index contributed by atoms with van der Waals surface area (Å²) in [6.07, 6.45) is 50.9. The van der Waals surface area contributed by atoms with Crippen molar-refractivity contribution in [1.82, 2.24) is 0 Å². The molecular weight excluding hydrogens is 596 g/mol. The highest BCUT2D eigenvalue weighted by Gasteiger charge is 2.12. The van der Waals surface area contributed by atoms with Crippen LogP contribution in [0.2, 0.25) is 0 Å². The molecule has 0 unspecified atom stereocenters. The van der Waals surface area contributed by atoms with Gasteiger partial charge in [-0.15, -0.1) is 0 Å². The molecule has 5 nitrogen and oxygen atoms in total. The maximum atomic E-state index is 12.0. The van der Waals surface area contributed by atoms with Crippen molar-refractivity contribution in [2.45, 2.75) is 174 Å². The molecule has 274 valence electrons. The van der Waals surface area contributed by atoms with Crippen LogP contribution in [0, 0.1) is 0 Å². The Morgan fingerprint density at radius 3 is 1.08 bits per heavy atom. The first-order valence-electron chi connectivity index (χ1n) is 19.5. The van der Waals surface area contributed by atoms with Gasteiger partial charge in [0.2, 0.25) is 0 Å². The summed E-state index contributed by atoms with van der Waals surface area (Å²) in [6, 6.07) is 0. The summed E-state index contributed by atoms with van der Waals surface area (Å²) in [6.45, 7) is 4.05. The maximum Gasteiger partial charge on any atom is 0.305 e. The highest BCUT2D eigenvalue weighted by molar-refractivity contribution is 5.69. The second-order valence-electron chi connectivity index (χ2n) is 12.6. The summed E-state index contributed by atoms with van der Waals surface area (Å²) >= 11 is 0. The quantitative estimate of drug-likeness (QED) is 0.0420. The van der Waals surface area contributed by atoms with Gasteiger partial charge in [-0.05, 0) is 77.0 Å². The van der Waals surface area contributed by atoms with Crippen molar-refractivity contribution in [3.05, 3.63) is 72.9 Å². The van der Waals surface area contributed by atoms with Crippen molar-refractivity contribution < 1.29 is 24.2 Å². The Morgan fingerprint density at radius 1 is 0.438 bits per heavy atom. The number of unbranched alkanes of at least 4 members (excludes halogenated alkanes) is 14. The molecule has 48 heavy (non-hydrogen) atoms. The SMILES string of the molecule is CCC=CCC=CCC=CCCCCCCCCCC(=O)OCC(O)COC(=O)CCCCCCCCCC=CCC=CCC=CCC. The van der Waals surface area contributed by atoms with Crippen LogP contribution in [0.1, 0.15) is 168 Å². The van der Waals surface area contributed by atoms with Gasteiger partial charge in [-0.2, -0.15) is 0 Å². The van der Waals surface area contributed by atoms with Gasteiger partial charge in [-0.25, -0.2) is 0 Å². The van der Waals surface area contributed by atoms with Crippen molar-refractivity contribution in [3.63, 3.8) is 0 Å². The van der Waals surface area contributed by atoms with Gasteiger partial charge in [0.25, 0.3) is 0 Å². The zero-order chi connectivity index (χ0) is 35.0. The Labute approximate surface area is 295 Å². The molecule has 0 spiro atoms. The topological polar surface area (TPSA) is 72.8 Å². The maximum absolute atomic E-state index is 12.0. The Kier molecular flexibility index (Phi) is 36.6. The van der Waals surface area contributed by atoms with Crippen molar-refractivity contribution in [2.75, 3.05) is 13.2 Å². The summed E-state index contributed by atoms with van der Waals surface area (Å²) in [7, 11) is 0. The zero-order valence-corrected chi connectivity index (χ0v) is 31.0. The van der Waals surface area contributed by atoms with Gasteiger partial charge in [0, 0.05) is 12.8 Å². The minimum absolute atomic E-state index is 0.128. The van der Waals surface area contributed by atoms with Gasteiger partial charge in [0.1, 0.15) is 19.3 Å². The van der Waals surface area contributed by atoms with Crippen LogP contribution in [0.25, 0.3) is 0 Å². The van der Waals surface area contributed by atoms with Gasteiger partial charge >= 0.3 is 11.9 Å². The third-order valence-corrected chi connectivity index (χ3v) is 7.94. The van der Waals surface area contributed by atoms with E-state index >= 15 is 0 Å². The van der Waals surface area contributed by atoms with E-state index in [1.54, 1.807) is 0 Å². The smallest absolute Gasteiger partial charge is 0.305 e. The summed E-state index contributed by atoms with van der Waals surface area (Å²) in [5, 5.41) is 10.0. The normalized spacial score (nSPS) is 13.0. The average Bonchev–Trinajstić information content (AvgIpc) is 3.09. The molecule has 0 fully saturated rings. The lowest BCUT2D eigenvalue weighted by molar-refractivity contribution is -0.152. The third-order valence-electron chi connectivity index (χ3n) is 7.94. The Bertz CT molecular complexity index is 823. The Morgan fingerprint density at radius 2 is 0.729 bits per heavy atom. The minimum Gasteiger partial charge on any atom is -0.463 e. The lowest BCUT2D eigenvalue weighted by Gasteiger charge is -2.12. The van der Waals surface area contributed by atoms with Gasteiger partial charge < -0.3 is 14.6 Å². The number of aliphatic hydroxyl groups excluding tert-OH is 1. The lowest BCUT2D eigenvalue weighted by atomic mass is 10.1. The summed E-state index contributed by atoms with van der Waals surface area (Å²) in [5.74, 6) is -0.593. The molecule has 0 aromatic rings. The van der Waals surface area contributed by atoms with E-state index < -0.39 is 6.10 Å². The molecule has 5 heteroatoms. The van der Waals surface area contributed by atoms with Crippen LogP contribution in [0.15, 0.2) is 72.9 Å². The highest BCUT2D eigenvalue weighted by atomic mass is 16.6. The molecule has 0 aromatic heterocycles. The fraction of sp³-hybridized carbons (Fsp3) is 0.674. The van der Waals surface area contributed by atoms with E-state index in [2.05, 4.69) is 86.8 Å². The fourth-order valence-electron chi connectivity index (χ4n) is 5.05. The van der Waals surface area contributed by atoms with Crippen LogP contribution in [0.4, 0.5) is 0 Å². The number of hydrogen-bond acceptors (Lipinski definition) is 5. The monoisotopic (exact) mass is 669 g/mol. The third kappa shape index (κ3) is 37.8. The predicted molar refractivity (Wildman–Crippen MR) is 205 cm³/mol. The molecule has 0 aliphatic carbocycles. The minimum atomic E-state index is -0.975. The number of carbonyl (C=O) groups is 2. The second-order valence-corrected chi connectivity index (χ2v) is 12.6. The molecule has 1 N–H and O–H groups in total.